The van der Waals surface area contributed by atoms with E-state index in [9.17, 15) is 14.4 Å². The van der Waals surface area contributed by atoms with Gasteiger partial charge in [-0.15, -0.1) is 0 Å². The van der Waals surface area contributed by atoms with Crippen molar-refractivity contribution < 1.29 is 13.9 Å². The lowest BCUT2D eigenvalue weighted by Gasteiger charge is -2.33. The summed E-state index contributed by atoms with van der Waals surface area (Å²) in [7, 11) is 0. The molecule has 3 aromatic rings. The van der Waals surface area contributed by atoms with Crippen molar-refractivity contribution in [3.05, 3.63) is 82.1 Å². The lowest BCUT2D eigenvalue weighted by molar-refractivity contribution is 0.0713. The Bertz CT molecular complexity index is 1540. The highest BCUT2D eigenvalue weighted by Crippen LogP contribution is 2.33. The van der Waals surface area contributed by atoms with E-state index in [2.05, 4.69) is 45.3 Å². The minimum absolute atomic E-state index is 0.0402. The number of ether oxygens (including phenoxy) is 1. The molecule has 9 heteroatoms. The largest absolute Gasteiger partial charge is 0.451 e. The molecule has 1 aromatic heterocycles. The highest BCUT2D eigenvalue weighted by molar-refractivity contribution is 5.97. The van der Waals surface area contributed by atoms with Crippen molar-refractivity contribution in [1.82, 2.24) is 19.8 Å². The topological polar surface area (TPSA) is 94.4 Å². The van der Waals surface area contributed by atoms with Crippen LogP contribution < -0.4 is 10.1 Å². The van der Waals surface area contributed by atoms with Crippen LogP contribution in [0.1, 0.15) is 66.2 Å². The molecule has 0 bridgehead atoms. The van der Waals surface area contributed by atoms with Gasteiger partial charge in [-0.1, -0.05) is 12.1 Å². The van der Waals surface area contributed by atoms with Gasteiger partial charge in [0.05, 0.1) is 17.8 Å². The van der Waals surface area contributed by atoms with Crippen LogP contribution in [-0.4, -0.2) is 57.4 Å². The first kappa shape index (κ1) is 29.2. The maximum atomic E-state index is 14.2. The third-order valence-corrected chi connectivity index (χ3v) is 8.18. The summed E-state index contributed by atoms with van der Waals surface area (Å²) in [6, 6.07) is 10.8. The second-order valence-electron chi connectivity index (χ2n) is 11.2. The number of nitrogens with zero attached hydrogens (tertiary/aromatic N) is 5. The number of carbonyl (C=O) groups is 1. The van der Waals surface area contributed by atoms with Crippen molar-refractivity contribution in [3.8, 4) is 17.6 Å². The van der Waals surface area contributed by atoms with Gasteiger partial charge in [-0.2, -0.15) is 5.26 Å². The van der Waals surface area contributed by atoms with Gasteiger partial charge in [-0.3, -0.25) is 9.69 Å². The minimum Gasteiger partial charge on any atom is -0.451 e. The second-order valence-corrected chi connectivity index (χ2v) is 11.2. The highest BCUT2D eigenvalue weighted by atomic mass is 19.1. The van der Waals surface area contributed by atoms with Crippen molar-refractivity contribution >= 4 is 17.8 Å². The molecular formula is C33H37FN6O2. The Morgan fingerprint density at radius 2 is 2.02 bits per heavy atom. The van der Waals surface area contributed by atoms with Gasteiger partial charge in [-0.05, 0) is 87.1 Å². The molecule has 42 heavy (non-hydrogen) atoms. The van der Waals surface area contributed by atoms with Gasteiger partial charge in [0, 0.05) is 50.3 Å². The summed E-state index contributed by atoms with van der Waals surface area (Å²) in [6.07, 6.45) is 7.62. The SMILES string of the molecule is CCN(C(=O)c1cc(F)ccc1Oc1cncnc1NC1CCN(Cc2ccc3c(c2C)C=C(C#N)C3)CC1)C(C)C. The number of hydrogen-bond acceptors (Lipinski definition) is 7. The number of rotatable bonds is 9. The number of benzene rings is 2. The number of aromatic nitrogens is 2. The molecule has 0 saturated carbocycles. The highest BCUT2D eigenvalue weighted by Gasteiger charge is 2.25. The van der Waals surface area contributed by atoms with Gasteiger partial charge in [-0.25, -0.2) is 14.4 Å². The molecule has 2 aliphatic rings. The zero-order valence-corrected chi connectivity index (χ0v) is 24.7. The Hall–Kier alpha value is -4.29. The Morgan fingerprint density at radius 1 is 1.24 bits per heavy atom. The van der Waals surface area contributed by atoms with Gasteiger partial charge < -0.3 is 15.0 Å². The van der Waals surface area contributed by atoms with E-state index >= 15 is 0 Å². The smallest absolute Gasteiger partial charge is 0.257 e. The maximum Gasteiger partial charge on any atom is 0.257 e. The first-order valence-corrected chi connectivity index (χ1v) is 14.6. The van der Waals surface area contributed by atoms with E-state index in [0.717, 1.165) is 44.5 Å². The van der Waals surface area contributed by atoms with Gasteiger partial charge in [0.15, 0.2) is 11.6 Å². The fourth-order valence-electron chi connectivity index (χ4n) is 5.80. The lowest BCUT2D eigenvalue weighted by atomic mass is 9.97. The number of fused-ring (bicyclic) bond motifs is 1. The van der Waals surface area contributed by atoms with Crippen molar-refractivity contribution in [2.24, 2.45) is 0 Å². The molecule has 0 spiro atoms. The molecular weight excluding hydrogens is 531 g/mol. The summed E-state index contributed by atoms with van der Waals surface area (Å²) in [5, 5.41) is 12.8. The predicted molar refractivity (Wildman–Crippen MR) is 161 cm³/mol. The Labute approximate surface area is 246 Å². The van der Waals surface area contributed by atoms with E-state index in [4.69, 9.17) is 4.74 Å². The second kappa shape index (κ2) is 12.7. The molecule has 2 heterocycles. The number of allylic oxidation sites excluding steroid dienone is 1. The van der Waals surface area contributed by atoms with E-state index in [1.54, 1.807) is 11.1 Å². The van der Waals surface area contributed by atoms with Gasteiger partial charge in [0.25, 0.3) is 5.91 Å². The molecule has 0 radical (unpaired) electrons. The van der Waals surface area contributed by atoms with E-state index in [0.29, 0.717) is 18.1 Å². The molecule has 1 aliphatic carbocycles. The quantitative estimate of drug-likeness (QED) is 0.332. The monoisotopic (exact) mass is 568 g/mol. The van der Waals surface area contributed by atoms with Crippen molar-refractivity contribution in [1.29, 1.82) is 5.26 Å². The number of nitriles is 1. The summed E-state index contributed by atoms with van der Waals surface area (Å²) in [4.78, 5) is 25.9. The summed E-state index contributed by atoms with van der Waals surface area (Å²) in [6.45, 7) is 11.1. The zero-order chi connectivity index (χ0) is 29.8. The van der Waals surface area contributed by atoms with Crippen molar-refractivity contribution in [2.45, 2.75) is 65.6 Å². The number of anilines is 1. The number of hydrogen-bond donors (Lipinski definition) is 1. The van der Waals surface area contributed by atoms with Crippen LogP contribution in [0.2, 0.25) is 0 Å². The van der Waals surface area contributed by atoms with Crippen molar-refractivity contribution in [2.75, 3.05) is 25.0 Å². The number of halogens is 1. The Balaban J connectivity index is 1.24. The van der Waals surface area contributed by atoms with Gasteiger partial charge in [0.2, 0.25) is 0 Å². The standard InChI is InChI=1S/C33H37FN6O2/c1-5-40(21(2)3)33(41)29-16-26(34)8-9-30(29)42-31-18-36-20-37-32(31)38-27-10-12-39(13-11-27)19-25-7-6-24-14-23(17-35)15-28(24)22(25)4/h6-9,15-16,18,20-21,27H,5,10-14,19H2,1-4H3,(H,36,37,38). The summed E-state index contributed by atoms with van der Waals surface area (Å²) < 4.78 is 20.4. The van der Waals surface area contributed by atoms with Crippen LogP contribution in [-0.2, 0) is 13.0 Å². The molecule has 0 atom stereocenters. The number of likely N-dealkylation sites (tertiary alicyclic amines) is 1. The van der Waals surface area contributed by atoms with E-state index in [1.165, 1.54) is 46.8 Å². The molecule has 0 unspecified atom stereocenters. The van der Waals surface area contributed by atoms with Crippen LogP contribution in [0.3, 0.4) is 0 Å². The summed E-state index contributed by atoms with van der Waals surface area (Å²) >= 11 is 0. The van der Waals surface area contributed by atoms with Gasteiger partial charge in [0.1, 0.15) is 17.9 Å². The molecule has 5 rings (SSSR count). The van der Waals surface area contributed by atoms with E-state index < -0.39 is 5.82 Å². The van der Waals surface area contributed by atoms with E-state index in [-0.39, 0.29) is 29.3 Å². The molecule has 1 fully saturated rings. The Morgan fingerprint density at radius 3 is 2.74 bits per heavy atom. The Kier molecular flexibility index (Phi) is 8.83. The minimum atomic E-state index is -0.501. The third-order valence-electron chi connectivity index (χ3n) is 8.18. The molecule has 8 nitrogen and oxygen atoms in total. The first-order chi connectivity index (χ1) is 20.3. The normalized spacial score (nSPS) is 15.2. The van der Waals surface area contributed by atoms with Crippen LogP contribution >= 0.6 is 0 Å². The summed E-state index contributed by atoms with van der Waals surface area (Å²) in [5.74, 6) is 0.387. The van der Waals surface area contributed by atoms with Crippen LogP contribution in [0.5, 0.6) is 11.5 Å². The van der Waals surface area contributed by atoms with E-state index in [1.807, 2.05) is 26.8 Å². The van der Waals surface area contributed by atoms with Crippen molar-refractivity contribution in [3.63, 3.8) is 0 Å². The fourth-order valence-corrected chi connectivity index (χ4v) is 5.80. The number of amides is 1. The van der Waals surface area contributed by atoms with Gasteiger partial charge >= 0.3 is 0 Å². The number of piperidine rings is 1. The predicted octanol–water partition coefficient (Wildman–Crippen LogP) is 6.13. The van der Waals surface area contributed by atoms with Crippen LogP contribution in [0.25, 0.3) is 6.08 Å². The molecule has 1 N–H and O–H groups in total. The molecule has 218 valence electrons. The third kappa shape index (κ3) is 6.29. The van der Waals surface area contributed by atoms with Crippen LogP contribution in [0, 0.1) is 24.1 Å². The average Bonchev–Trinajstić information content (AvgIpc) is 3.42. The number of carbonyl (C=O) groups excluding carboxylic acids is 1. The summed E-state index contributed by atoms with van der Waals surface area (Å²) in [5.41, 5.74) is 5.98. The molecule has 1 aliphatic heterocycles. The molecule has 1 saturated heterocycles. The number of nitrogens with one attached hydrogen (secondary N) is 1. The molecule has 1 amide bonds. The van der Waals surface area contributed by atoms with Crippen LogP contribution in [0.4, 0.5) is 10.2 Å². The fraction of sp³-hybridized carbons (Fsp3) is 0.394. The zero-order valence-electron chi connectivity index (χ0n) is 24.7. The molecule has 2 aromatic carbocycles. The van der Waals surface area contributed by atoms with Crippen LogP contribution in [0.15, 0.2) is 48.4 Å². The maximum absolute atomic E-state index is 14.2. The first-order valence-electron chi connectivity index (χ1n) is 14.6. The average molecular weight is 569 g/mol. The lowest BCUT2D eigenvalue weighted by Crippen LogP contribution is -2.39.